The van der Waals surface area contributed by atoms with Gasteiger partial charge in [-0.3, -0.25) is 4.79 Å². The minimum absolute atomic E-state index is 0.0156. The highest BCUT2D eigenvalue weighted by atomic mass is 35.5. The molecule has 0 aliphatic heterocycles. The van der Waals surface area contributed by atoms with E-state index in [1.54, 1.807) is 0 Å². The van der Waals surface area contributed by atoms with Gasteiger partial charge in [-0.1, -0.05) is 11.6 Å². The number of carbonyl (C=O) groups is 1. The van der Waals surface area contributed by atoms with E-state index in [9.17, 15) is 9.18 Å². The number of hydrogen-bond donors (Lipinski definition) is 1. The van der Waals surface area contributed by atoms with Crippen molar-refractivity contribution in [3.8, 4) is 11.5 Å². The fourth-order valence-electron chi connectivity index (χ4n) is 1.65. The number of methoxy groups -OCH3 is 2. The Kier molecular flexibility index (Phi) is 5.22. The largest absolute Gasteiger partial charge is 0.493 e. The monoisotopic (exact) mass is 276 g/mol. The van der Waals surface area contributed by atoms with E-state index in [-0.39, 0.29) is 17.2 Å². The Labute approximate surface area is 109 Å². The SMILES string of the molecule is COc1cc(F)c(Cl)c(CCCC(=O)O)c1OC. The van der Waals surface area contributed by atoms with Crippen molar-refractivity contribution in [1.29, 1.82) is 0 Å². The summed E-state index contributed by atoms with van der Waals surface area (Å²) in [5, 5.41) is 8.52. The summed E-state index contributed by atoms with van der Waals surface area (Å²) in [6.45, 7) is 0. The molecule has 0 aliphatic carbocycles. The van der Waals surface area contributed by atoms with Crippen molar-refractivity contribution < 1.29 is 23.8 Å². The molecule has 4 nitrogen and oxygen atoms in total. The summed E-state index contributed by atoms with van der Waals surface area (Å²) in [4.78, 5) is 10.5. The van der Waals surface area contributed by atoms with Crippen LogP contribution in [0.15, 0.2) is 6.07 Å². The Morgan fingerprint density at radius 1 is 1.44 bits per heavy atom. The number of hydrogen-bond acceptors (Lipinski definition) is 3. The van der Waals surface area contributed by atoms with Crippen LogP contribution < -0.4 is 9.47 Å². The van der Waals surface area contributed by atoms with E-state index in [1.807, 2.05) is 0 Å². The highest BCUT2D eigenvalue weighted by Gasteiger charge is 2.18. The molecule has 1 aromatic carbocycles. The highest BCUT2D eigenvalue weighted by Crippen LogP contribution is 2.38. The average molecular weight is 277 g/mol. The zero-order chi connectivity index (χ0) is 13.7. The lowest BCUT2D eigenvalue weighted by atomic mass is 10.1. The van der Waals surface area contributed by atoms with Gasteiger partial charge in [0.05, 0.1) is 19.2 Å². The first-order chi connectivity index (χ1) is 8.51. The van der Waals surface area contributed by atoms with Gasteiger partial charge in [0.25, 0.3) is 0 Å². The van der Waals surface area contributed by atoms with Crippen molar-refractivity contribution in [2.75, 3.05) is 14.2 Å². The predicted octanol–water partition coefficient (Wildman–Crippen LogP) is 2.90. The lowest BCUT2D eigenvalue weighted by Gasteiger charge is -2.14. The fourth-order valence-corrected chi connectivity index (χ4v) is 1.89. The first-order valence-electron chi connectivity index (χ1n) is 5.31. The number of carboxylic acids is 1. The molecule has 100 valence electrons. The quantitative estimate of drug-likeness (QED) is 0.868. The van der Waals surface area contributed by atoms with E-state index in [0.29, 0.717) is 24.2 Å². The Morgan fingerprint density at radius 3 is 2.61 bits per heavy atom. The van der Waals surface area contributed by atoms with Crippen molar-refractivity contribution in [2.45, 2.75) is 19.3 Å². The van der Waals surface area contributed by atoms with Gasteiger partial charge in [0.1, 0.15) is 5.82 Å². The summed E-state index contributed by atoms with van der Waals surface area (Å²) in [5.74, 6) is -0.938. The van der Waals surface area contributed by atoms with Crippen molar-refractivity contribution in [3.63, 3.8) is 0 Å². The third-order valence-corrected chi connectivity index (χ3v) is 2.88. The molecule has 0 fully saturated rings. The van der Waals surface area contributed by atoms with Crippen LogP contribution in [0, 0.1) is 5.82 Å². The molecule has 0 aliphatic rings. The van der Waals surface area contributed by atoms with Crippen LogP contribution in [0.4, 0.5) is 4.39 Å². The predicted molar refractivity (Wildman–Crippen MR) is 65.1 cm³/mol. The van der Waals surface area contributed by atoms with E-state index in [4.69, 9.17) is 26.2 Å². The maximum Gasteiger partial charge on any atom is 0.303 e. The molecule has 0 unspecified atom stereocenters. The van der Waals surface area contributed by atoms with Crippen molar-refractivity contribution in [1.82, 2.24) is 0 Å². The zero-order valence-corrected chi connectivity index (χ0v) is 10.9. The molecule has 0 heterocycles. The molecule has 0 bridgehead atoms. The molecular formula is C12H14ClFO4. The smallest absolute Gasteiger partial charge is 0.303 e. The summed E-state index contributed by atoms with van der Waals surface area (Å²) in [5.41, 5.74) is 0.428. The number of benzene rings is 1. The van der Waals surface area contributed by atoms with Crippen molar-refractivity contribution in [3.05, 3.63) is 22.5 Å². The van der Waals surface area contributed by atoms with Gasteiger partial charge >= 0.3 is 5.97 Å². The van der Waals surface area contributed by atoms with Crippen LogP contribution in [0.2, 0.25) is 5.02 Å². The molecular weight excluding hydrogens is 263 g/mol. The molecule has 0 amide bonds. The number of carboxylic acid groups (broad SMARTS) is 1. The van der Waals surface area contributed by atoms with Crippen LogP contribution in [-0.4, -0.2) is 25.3 Å². The van der Waals surface area contributed by atoms with Gasteiger partial charge in [-0.2, -0.15) is 0 Å². The van der Waals surface area contributed by atoms with Crippen LogP contribution in [0.25, 0.3) is 0 Å². The molecule has 1 N–H and O–H groups in total. The maximum absolute atomic E-state index is 13.5. The first kappa shape index (κ1) is 14.6. The van der Waals surface area contributed by atoms with E-state index < -0.39 is 11.8 Å². The van der Waals surface area contributed by atoms with Gasteiger partial charge in [-0.05, 0) is 12.8 Å². The van der Waals surface area contributed by atoms with E-state index in [0.717, 1.165) is 6.07 Å². The van der Waals surface area contributed by atoms with Crippen LogP contribution >= 0.6 is 11.6 Å². The topological polar surface area (TPSA) is 55.8 Å². The number of aliphatic carboxylic acids is 1. The number of halogens is 2. The van der Waals surface area contributed by atoms with E-state index in [2.05, 4.69) is 0 Å². The highest BCUT2D eigenvalue weighted by molar-refractivity contribution is 6.31. The maximum atomic E-state index is 13.5. The summed E-state index contributed by atoms with van der Waals surface area (Å²) in [6, 6.07) is 1.14. The molecule has 6 heteroatoms. The number of rotatable bonds is 6. The van der Waals surface area contributed by atoms with Crippen LogP contribution in [-0.2, 0) is 11.2 Å². The van der Waals surface area contributed by atoms with Gasteiger partial charge in [0.2, 0.25) is 0 Å². The lowest BCUT2D eigenvalue weighted by Crippen LogP contribution is -2.01. The molecule has 0 radical (unpaired) electrons. The molecule has 1 rings (SSSR count). The molecule has 0 spiro atoms. The normalized spacial score (nSPS) is 10.2. The molecule has 18 heavy (non-hydrogen) atoms. The Morgan fingerprint density at radius 2 is 2.11 bits per heavy atom. The second-order valence-corrected chi connectivity index (χ2v) is 4.01. The third kappa shape index (κ3) is 3.26. The summed E-state index contributed by atoms with van der Waals surface area (Å²) in [6.07, 6.45) is 0.638. The second kappa shape index (κ2) is 6.44. The average Bonchev–Trinajstić information content (AvgIpc) is 2.33. The van der Waals surface area contributed by atoms with Crippen LogP contribution in [0.5, 0.6) is 11.5 Å². The second-order valence-electron chi connectivity index (χ2n) is 3.63. The Hall–Kier alpha value is -1.49. The van der Waals surface area contributed by atoms with Gasteiger partial charge in [-0.15, -0.1) is 0 Å². The van der Waals surface area contributed by atoms with Crippen LogP contribution in [0.3, 0.4) is 0 Å². The molecule has 0 saturated heterocycles. The third-order valence-electron chi connectivity index (χ3n) is 2.47. The minimum atomic E-state index is -0.909. The fraction of sp³-hybridized carbons (Fsp3) is 0.417. The van der Waals surface area contributed by atoms with Crippen molar-refractivity contribution >= 4 is 17.6 Å². The van der Waals surface area contributed by atoms with Gasteiger partial charge in [-0.25, -0.2) is 4.39 Å². The minimum Gasteiger partial charge on any atom is -0.493 e. The molecule has 0 aromatic heterocycles. The standard InChI is InChI=1S/C12H14ClFO4/c1-17-9-6-8(14)11(13)7(12(9)18-2)4-3-5-10(15)16/h6H,3-5H2,1-2H3,(H,15,16). The zero-order valence-electron chi connectivity index (χ0n) is 10.1. The molecule has 1 aromatic rings. The molecule has 0 saturated carbocycles. The lowest BCUT2D eigenvalue weighted by molar-refractivity contribution is -0.137. The van der Waals surface area contributed by atoms with Gasteiger partial charge in [0.15, 0.2) is 11.5 Å². The summed E-state index contributed by atoms with van der Waals surface area (Å²) in [7, 11) is 2.82. The molecule has 0 atom stereocenters. The first-order valence-corrected chi connectivity index (χ1v) is 5.69. The van der Waals surface area contributed by atoms with Crippen LogP contribution in [0.1, 0.15) is 18.4 Å². The van der Waals surface area contributed by atoms with E-state index in [1.165, 1.54) is 14.2 Å². The van der Waals surface area contributed by atoms with E-state index >= 15 is 0 Å². The Balaban J connectivity index is 3.06. The number of ether oxygens (including phenoxy) is 2. The van der Waals surface area contributed by atoms with Gasteiger partial charge < -0.3 is 14.6 Å². The van der Waals surface area contributed by atoms with Crippen molar-refractivity contribution in [2.24, 2.45) is 0 Å². The summed E-state index contributed by atoms with van der Waals surface area (Å²) >= 11 is 5.86. The summed E-state index contributed by atoms with van der Waals surface area (Å²) < 4.78 is 23.7. The Bertz CT molecular complexity index is 448. The van der Waals surface area contributed by atoms with Gasteiger partial charge in [0, 0.05) is 18.1 Å².